The van der Waals surface area contributed by atoms with Crippen LogP contribution < -0.4 is 25.4 Å². The smallest absolute Gasteiger partial charge is 0.272 e. The summed E-state index contributed by atoms with van der Waals surface area (Å²) in [4.78, 5) is 40.8. The molecule has 0 saturated heterocycles. The second kappa shape index (κ2) is 15.4. The van der Waals surface area contributed by atoms with Gasteiger partial charge in [-0.2, -0.15) is 0 Å². The van der Waals surface area contributed by atoms with Crippen LogP contribution in [0.2, 0.25) is 5.02 Å². The van der Waals surface area contributed by atoms with E-state index in [2.05, 4.69) is 16.0 Å². The maximum absolute atomic E-state index is 13.6. The molecule has 0 saturated carbocycles. The second-order valence-corrected chi connectivity index (χ2v) is 12.3. The number of rotatable bonds is 10. The largest absolute Gasteiger partial charge is 0.486 e. The summed E-state index contributed by atoms with van der Waals surface area (Å²) in [6.07, 6.45) is 1.58. The molecular weight excluding hydrogens is 646 g/mol. The highest BCUT2D eigenvalue weighted by atomic mass is 35.5. The minimum absolute atomic E-state index is 0.0598. The standard InChI is InChI=1S/C38H30ClN3O5S/c39-28-13-11-25(12-14-28)23-32(42-36(43)27-9-5-2-6-10-27)37(44)40-29-15-18-31(19-16-29)48-35(26-7-3-1-4-8-26)38(45)41-30-17-20-33-34(24-30)47-22-21-46-33/h1-20,23-24,35H,21-22H2,(H,40,44)(H,41,45)(H,42,43)/b32-23-. The van der Waals surface area contributed by atoms with Crippen molar-refractivity contribution in [2.75, 3.05) is 23.8 Å². The minimum Gasteiger partial charge on any atom is -0.486 e. The van der Waals surface area contributed by atoms with Gasteiger partial charge in [0, 0.05) is 32.9 Å². The number of halogens is 1. The number of amides is 3. The van der Waals surface area contributed by atoms with Crippen LogP contribution in [0.1, 0.15) is 26.7 Å². The Morgan fingerprint density at radius 3 is 2.06 bits per heavy atom. The third-order valence-corrected chi connectivity index (χ3v) is 8.74. The van der Waals surface area contributed by atoms with Gasteiger partial charge >= 0.3 is 0 Å². The lowest BCUT2D eigenvalue weighted by Gasteiger charge is -2.20. The molecule has 8 nitrogen and oxygen atoms in total. The van der Waals surface area contributed by atoms with Crippen LogP contribution >= 0.6 is 23.4 Å². The van der Waals surface area contributed by atoms with Crippen LogP contribution in [0.5, 0.6) is 11.5 Å². The molecule has 5 aromatic rings. The van der Waals surface area contributed by atoms with Gasteiger partial charge in [0.15, 0.2) is 11.5 Å². The molecule has 0 fully saturated rings. The van der Waals surface area contributed by atoms with Crippen molar-refractivity contribution < 1.29 is 23.9 Å². The van der Waals surface area contributed by atoms with Crippen LogP contribution in [0.15, 0.2) is 138 Å². The number of hydrogen-bond donors (Lipinski definition) is 3. The first kappa shape index (κ1) is 32.4. The maximum Gasteiger partial charge on any atom is 0.272 e. The van der Waals surface area contributed by atoms with Crippen LogP contribution in [0.3, 0.4) is 0 Å². The van der Waals surface area contributed by atoms with Crippen LogP contribution in [0.4, 0.5) is 11.4 Å². The number of nitrogens with one attached hydrogen (secondary N) is 3. The maximum atomic E-state index is 13.6. The minimum atomic E-state index is -0.568. The van der Waals surface area contributed by atoms with Gasteiger partial charge in [-0.1, -0.05) is 72.3 Å². The van der Waals surface area contributed by atoms with E-state index >= 15 is 0 Å². The zero-order valence-corrected chi connectivity index (χ0v) is 27.1. The lowest BCUT2D eigenvalue weighted by Crippen LogP contribution is -2.30. The molecule has 240 valence electrons. The van der Waals surface area contributed by atoms with Crippen LogP contribution in [0, 0.1) is 0 Å². The molecule has 6 rings (SSSR count). The van der Waals surface area contributed by atoms with Crippen molar-refractivity contribution in [2.45, 2.75) is 10.1 Å². The summed E-state index contributed by atoms with van der Waals surface area (Å²) in [6.45, 7) is 0.936. The van der Waals surface area contributed by atoms with Gasteiger partial charge in [0.05, 0.1) is 0 Å². The fraction of sp³-hybridized carbons (Fsp3) is 0.0789. The van der Waals surface area contributed by atoms with E-state index in [4.69, 9.17) is 21.1 Å². The Balaban J connectivity index is 1.17. The molecule has 1 unspecified atom stereocenters. The van der Waals surface area contributed by atoms with Crippen molar-refractivity contribution in [3.8, 4) is 11.5 Å². The normalized spacial score (nSPS) is 12.8. The van der Waals surface area contributed by atoms with Gasteiger partial charge in [-0.3, -0.25) is 14.4 Å². The van der Waals surface area contributed by atoms with Crippen molar-refractivity contribution in [1.82, 2.24) is 5.32 Å². The van der Waals surface area contributed by atoms with E-state index in [0.29, 0.717) is 52.2 Å². The molecule has 0 radical (unpaired) electrons. The molecular formula is C38H30ClN3O5S. The Labute approximate surface area is 287 Å². The summed E-state index contributed by atoms with van der Waals surface area (Å²) < 4.78 is 11.3. The van der Waals surface area contributed by atoms with Gasteiger partial charge in [-0.15, -0.1) is 11.8 Å². The summed E-state index contributed by atoms with van der Waals surface area (Å²) in [5.74, 6) is 0.110. The summed E-state index contributed by atoms with van der Waals surface area (Å²) in [6, 6.07) is 37.6. The zero-order chi connectivity index (χ0) is 33.3. The van der Waals surface area contributed by atoms with E-state index in [1.54, 1.807) is 84.9 Å². The Hall–Kier alpha value is -5.51. The van der Waals surface area contributed by atoms with Crippen LogP contribution in [0.25, 0.3) is 6.08 Å². The van der Waals surface area contributed by atoms with Gasteiger partial charge in [0.2, 0.25) is 5.91 Å². The second-order valence-electron chi connectivity index (χ2n) is 10.7. The molecule has 0 spiro atoms. The Morgan fingerprint density at radius 1 is 0.708 bits per heavy atom. The Morgan fingerprint density at radius 2 is 1.35 bits per heavy atom. The zero-order valence-electron chi connectivity index (χ0n) is 25.5. The molecule has 10 heteroatoms. The van der Waals surface area contributed by atoms with E-state index in [9.17, 15) is 14.4 Å². The van der Waals surface area contributed by atoms with Gasteiger partial charge in [-0.25, -0.2) is 0 Å². The molecule has 3 amide bonds. The fourth-order valence-corrected chi connectivity index (χ4v) is 6.00. The molecule has 0 aliphatic carbocycles. The number of thioether (sulfide) groups is 1. The summed E-state index contributed by atoms with van der Waals surface area (Å²) in [7, 11) is 0. The number of hydrogen-bond acceptors (Lipinski definition) is 6. The molecule has 0 aromatic heterocycles. The van der Waals surface area contributed by atoms with E-state index < -0.39 is 17.1 Å². The summed E-state index contributed by atoms with van der Waals surface area (Å²) in [5, 5.41) is 8.60. The molecule has 5 aromatic carbocycles. The molecule has 1 atom stereocenters. The molecule has 1 heterocycles. The first-order valence-corrected chi connectivity index (χ1v) is 16.3. The van der Waals surface area contributed by atoms with E-state index in [1.165, 1.54) is 11.8 Å². The molecule has 0 bridgehead atoms. The third-order valence-electron chi connectivity index (χ3n) is 7.23. The van der Waals surface area contributed by atoms with Crippen molar-refractivity contribution in [2.24, 2.45) is 0 Å². The fourth-order valence-electron chi connectivity index (χ4n) is 4.85. The first-order chi connectivity index (χ1) is 23.4. The highest BCUT2D eigenvalue weighted by Gasteiger charge is 2.23. The van der Waals surface area contributed by atoms with E-state index in [-0.39, 0.29) is 11.6 Å². The SMILES string of the molecule is O=C(Nc1ccc(SC(C(=O)Nc2ccc3c(c2)OCCO3)c2ccccc2)cc1)/C(=C/c1ccc(Cl)cc1)NC(=O)c1ccccc1. The first-order valence-electron chi connectivity index (χ1n) is 15.1. The number of fused-ring (bicyclic) bond motifs is 1. The van der Waals surface area contributed by atoms with Crippen molar-refractivity contribution >= 4 is 58.5 Å². The summed E-state index contributed by atoms with van der Waals surface area (Å²) in [5.41, 5.74) is 3.11. The molecule has 3 N–H and O–H groups in total. The number of carbonyl (C=O) groups excluding carboxylic acids is 3. The van der Waals surface area contributed by atoms with Crippen molar-refractivity contribution in [3.05, 3.63) is 155 Å². The van der Waals surface area contributed by atoms with E-state index in [1.807, 2.05) is 48.5 Å². The monoisotopic (exact) mass is 675 g/mol. The quantitative estimate of drug-likeness (QED) is 0.102. The number of anilines is 2. The van der Waals surface area contributed by atoms with Crippen LogP contribution in [-0.4, -0.2) is 30.9 Å². The molecule has 1 aliphatic heterocycles. The van der Waals surface area contributed by atoms with Gasteiger partial charge < -0.3 is 25.4 Å². The van der Waals surface area contributed by atoms with Gasteiger partial charge in [0.1, 0.15) is 24.2 Å². The molecule has 1 aliphatic rings. The third kappa shape index (κ3) is 8.44. The van der Waals surface area contributed by atoms with Gasteiger partial charge in [-0.05, 0) is 77.9 Å². The highest BCUT2D eigenvalue weighted by Crippen LogP contribution is 2.38. The number of ether oxygens (including phenoxy) is 2. The van der Waals surface area contributed by atoms with Gasteiger partial charge in [0.25, 0.3) is 11.8 Å². The Kier molecular flexibility index (Phi) is 10.4. The predicted octanol–water partition coefficient (Wildman–Crippen LogP) is 7.99. The topological polar surface area (TPSA) is 106 Å². The average molecular weight is 676 g/mol. The summed E-state index contributed by atoms with van der Waals surface area (Å²) >= 11 is 7.42. The Bertz CT molecular complexity index is 1940. The van der Waals surface area contributed by atoms with E-state index in [0.717, 1.165) is 10.5 Å². The van der Waals surface area contributed by atoms with Crippen molar-refractivity contribution in [1.29, 1.82) is 0 Å². The number of carbonyl (C=O) groups is 3. The number of benzene rings is 5. The lowest BCUT2D eigenvalue weighted by atomic mass is 10.1. The van der Waals surface area contributed by atoms with Crippen molar-refractivity contribution in [3.63, 3.8) is 0 Å². The van der Waals surface area contributed by atoms with Crippen LogP contribution in [-0.2, 0) is 9.59 Å². The molecule has 48 heavy (non-hydrogen) atoms. The lowest BCUT2D eigenvalue weighted by molar-refractivity contribution is -0.116. The average Bonchev–Trinajstić information content (AvgIpc) is 3.12. The highest BCUT2D eigenvalue weighted by molar-refractivity contribution is 8.00. The predicted molar refractivity (Wildman–Crippen MR) is 190 cm³/mol.